The predicted octanol–water partition coefficient (Wildman–Crippen LogP) is 4.61. The number of hydrogen-bond acceptors (Lipinski definition) is 2. The summed E-state index contributed by atoms with van der Waals surface area (Å²) >= 11 is 0. The maximum absolute atomic E-state index is 10.6. The van der Waals surface area contributed by atoms with Crippen molar-refractivity contribution in [3.63, 3.8) is 0 Å². The molecule has 26 heavy (non-hydrogen) atoms. The molecule has 0 fully saturated rings. The van der Waals surface area contributed by atoms with Crippen LogP contribution in [0.2, 0.25) is 0 Å². The molecule has 0 spiro atoms. The lowest BCUT2D eigenvalue weighted by Gasteiger charge is -2.42. The molecule has 0 aliphatic heterocycles. The third kappa shape index (κ3) is 3.56. The van der Waals surface area contributed by atoms with Crippen molar-refractivity contribution in [1.82, 2.24) is 0 Å². The highest BCUT2D eigenvalue weighted by molar-refractivity contribution is 5.46. The fourth-order valence-electron chi connectivity index (χ4n) is 3.79. The van der Waals surface area contributed by atoms with Crippen LogP contribution in [-0.2, 0) is 17.4 Å². The van der Waals surface area contributed by atoms with Crippen LogP contribution in [0.1, 0.15) is 74.5 Å². The second-order valence-corrected chi connectivity index (χ2v) is 8.56. The molecule has 2 heteroatoms. The monoisotopic (exact) mass is 348 g/mol. The lowest BCUT2D eigenvalue weighted by Crippen LogP contribution is -2.34. The molecule has 0 amide bonds. The van der Waals surface area contributed by atoms with E-state index < -0.39 is 6.10 Å². The molecule has 2 N–H and O–H groups in total. The van der Waals surface area contributed by atoms with Gasteiger partial charge in [0, 0.05) is 5.56 Å². The minimum Gasteiger partial charge on any atom is -0.392 e. The number of aliphatic hydroxyl groups is 2. The van der Waals surface area contributed by atoms with Gasteiger partial charge in [-0.15, -0.1) is 0 Å². The first-order chi connectivity index (χ1) is 12.2. The van der Waals surface area contributed by atoms with E-state index in [0.29, 0.717) is 0 Å². The first kappa shape index (κ1) is 18.7. The van der Waals surface area contributed by atoms with E-state index in [2.05, 4.69) is 51.7 Å². The van der Waals surface area contributed by atoms with Gasteiger partial charge < -0.3 is 10.2 Å². The maximum Gasteiger partial charge on any atom is 0.140 e. The summed E-state index contributed by atoms with van der Waals surface area (Å²) in [5.74, 6) is 5.96. The summed E-state index contributed by atoms with van der Waals surface area (Å²) in [4.78, 5) is 0. The van der Waals surface area contributed by atoms with Crippen molar-refractivity contribution >= 4 is 0 Å². The second-order valence-electron chi connectivity index (χ2n) is 8.56. The molecule has 1 atom stereocenters. The van der Waals surface area contributed by atoms with Gasteiger partial charge in [-0.1, -0.05) is 75.9 Å². The van der Waals surface area contributed by atoms with Crippen molar-refractivity contribution in [3.05, 3.63) is 70.3 Å². The molecule has 0 saturated heterocycles. The highest BCUT2D eigenvalue weighted by Gasteiger charge is 2.37. The molecule has 0 radical (unpaired) electrons. The Hall–Kier alpha value is -2.08. The summed E-state index contributed by atoms with van der Waals surface area (Å²) in [7, 11) is 0. The molecule has 136 valence electrons. The van der Waals surface area contributed by atoms with Gasteiger partial charge in [0.1, 0.15) is 6.10 Å². The summed E-state index contributed by atoms with van der Waals surface area (Å²) in [6, 6.07) is 13.8. The van der Waals surface area contributed by atoms with Crippen LogP contribution in [0.5, 0.6) is 0 Å². The highest BCUT2D eigenvalue weighted by atomic mass is 16.3. The normalized spacial score (nSPS) is 18.4. The molecule has 3 rings (SSSR count). The average Bonchev–Trinajstić information content (AvgIpc) is 2.63. The largest absolute Gasteiger partial charge is 0.392 e. The van der Waals surface area contributed by atoms with E-state index in [1.165, 1.54) is 17.5 Å². The second kappa shape index (κ2) is 6.91. The van der Waals surface area contributed by atoms with E-state index in [1.54, 1.807) is 0 Å². The van der Waals surface area contributed by atoms with Gasteiger partial charge in [-0.25, -0.2) is 0 Å². The minimum absolute atomic E-state index is 0.0525. The number of aliphatic hydroxyl groups excluding tert-OH is 2. The summed E-state index contributed by atoms with van der Waals surface area (Å²) in [5, 5.41) is 20.0. The topological polar surface area (TPSA) is 40.5 Å². The fraction of sp³-hybridized carbons (Fsp3) is 0.417. The van der Waals surface area contributed by atoms with Gasteiger partial charge in [-0.05, 0) is 52.0 Å². The number of rotatable bonds is 2. The van der Waals surface area contributed by atoms with Crippen molar-refractivity contribution in [2.75, 3.05) is 0 Å². The van der Waals surface area contributed by atoms with Gasteiger partial charge in [0.25, 0.3) is 0 Å². The highest BCUT2D eigenvalue weighted by Crippen LogP contribution is 2.46. The quantitative estimate of drug-likeness (QED) is 0.778. The molecule has 0 bridgehead atoms. The fourth-order valence-corrected chi connectivity index (χ4v) is 3.79. The molecule has 0 heterocycles. The molecule has 2 nitrogen and oxygen atoms in total. The Morgan fingerprint density at radius 3 is 2.31 bits per heavy atom. The van der Waals surface area contributed by atoms with Crippen molar-refractivity contribution in [2.24, 2.45) is 0 Å². The minimum atomic E-state index is -0.840. The Balaban J connectivity index is 1.95. The first-order valence-corrected chi connectivity index (χ1v) is 9.28. The zero-order valence-corrected chi connectivity index (χ0v) is 16.1. The van der Waals surface area contributed by atoms with E-state index in [0.717, 1.165) is 23.1 Å². The molecule has 0 saturated carbocycles. The molecular weight excluding hydrogens is 320 g/mol. The molecule has 1 aliphatic rings. The van der Waals surface area contributed by atoms with Crippen molar-refractivity contribution in [2.45, 2.75) is 64.1 Å². The molecule has 0 aromatic heterocycles. The van der Waals surface area contributed by atoms with Gasteiger partial charge in [0.15, 0.2) is 0 Å². The smallest absolute Gasteiger partial charge is 0.140 e. The third-order valence-electron chi connectivity index (χ3n) is 5.72. The molecule has 2 aromatic rings. The predicted molar refractivity (Wildman–Crippen MR) is 106 cm³/mol. The summed E-state index contributed by atoms with van der Waals surface area (Å²) < 4.78 is 0. The van der Waals surface area contributed by atoms with Crippen LogP contribution in [0.25, 0.3) is 0 Å². The van der Waals surface area contributed by atoms with Crippen molar-refractivity contribution < 1.29 is 10.2 Å². The maximum atomic E-state index is 10.6. The van der Waals surface area contributed by atoms with Crippen LogP contribution >= 0.6 is 0 Å². The standard InChI is InChI=1S/C24H28O2/c1-23(2)13-14-24(3,4)21-15-18(9-11-20(21)23)22(26)12-10-17-7-5-6-8-19(17)16-25/h5-9,11,15,22,25-26H,13-14,16H2,1-4H3. The van der Waals surface area contributed by atoms with Gasteiger partial charge >= 0.3 is 0 Å². The van der Waals surface area contributed by atoms with E-state index in [-0.39, 0.29) is 17.4 Å². The van der Waals surface area contributed by atoms with Crippen LogP contribution in [0.4, 0.5) is 0 Å². The van der Waals surface area contributed by atoms with Crippen LogP contribution in [0, 0.1) is 11.8 Å². The van der Waals surface area contributed by atoms with Gasteiger partial charge in [-0.2, -0.15) is 0 Å². The van der Waals surface area contributed by atoms with Gasteiger partial charge in [-0.3, -0.25) is 0 Å². The third-order valence-corrected chi connectivity index (χ3v) is 5.72. The van der Waals surface area contributed by atoms with Crippen LogP contribution in [0.15, 0.2) is 42.5 Å². The Morgan fingerprint density at radius 1 is 0.962 bits per heavy atom. The lowest BCUT2D eigenvalue weighted by molar-refractivity contribution is 0.237. The first-order valence-electron chi connectivity index (χ1n) is 9.28. The van der Waals surface area contributed by atoms with Crippen LogP contribution in [0.3, 0.4) is 0 Å². The number of benzene rings is 2. The summed E-state index contributed by atoms with van der Waals surface area (Å²) in [5.41, 5.74) is 5.35. The lowest BCUT2D eigenvalue weighted by atomic mass is 9.63. The Morgan fingerprint density at radius 2 is 1.62 bits per heavy atom. The number of hydrogen-bond donors (Lipinski definition) is 2. The van der Waals surface area contributed by atoms with E-state index in [4.69, 9.17) is 0 Å². The molecule has 2 aromatic carbocycles. The van der Waals surface area contributed by atoms with E-state index in [1.807, 2.05) is 30.3 Å². The Kier molecular flexibility index (Phi) is 4.97. The average molecular weight is 348 g/mol. The van der Waals surface area contributed by atoms with Crippen molar-refractivity contribution in [3.8, 4) is 11.8 Å². The Bertz CT molecular complexity index is 865. The molecule has 1 aliphatic carbocycles. The summed E-state index contributed by atoms with van der Waals surface area (Å²) in [6.07, 6.45) is 1.47. The zero-order chi connectivity index (χ0) is 18.9. The van der Waals surface area contributed by atoms with E-state index >= 15 is 0 Å². The SMILES string of the molecule is CC1(C)CCC(C)(C)c2cc(C(O)C#Cc3ccccc3CO)ccc21. The van der Waals surface area contributed by atoms with E-state index in [9.17, 15) is 10.2 Å². The number of fused-ring (bicyclic) bond motifs is 1. The zero-order valence-electron chi connectivity index (χ0n) is 16.1. The molecule has 1 unspecified atom stereocenters. The van der Waals surface area contributed by atoms with Gasteiger partial charge in [0.2, 0.25) is 0 Å². The van der Waals surface area contributed by atoms with Crippen molar-refractivity contribution in [1.29, 1.82) is 0 Å². The Labute approximate surface area is 156 Å². The summed E-state index contributed by atoms with van der Waals surface area (Å²) in [6.45, 7) is 9.09. The van der Waals surface area contributed by atoms with Crippen LogP contribution in [-0.4, -0.2) is 10.2 Å². The molecular formula is C24H28O2. The van der Waals surface area contributed by atoms with Crippen LogP contribution < -0.4 is 0 Å². The van der Waals surface area contributed by atoms with Gasteiger partial charge in [0.05, 0.1) is 6.61 Å².